The second-order valence-corrected chi connectivity index (χ2v) is 6.04. The summed E-state index contributed by atoms with van der Waals surface area (Å²) in [6.07, 6.45) is 5.67. The first-order chi connectivity index (χ1) is 7.03. The van der Waals surface area contributed by atoms with Crippen molar-refractivity contribution >= 4 is 23.9 Å². The number of rotatable bonds is 5. The number of unbranched alkanes of at least 4 members (excludes halogenated alkanes) is 1. The van der Waals surface area contributed by atoms with E-state index in [0.29, 0.717) is 11.7 Å². The maximum absolute atomic E-state index is 10.9. The monoisotopic (exact) mass is 229 g/mol. The Balaban J connectivity index is 2.07. The van der Waals surface area contributed by atoms with Gasteiger partial charge in [-0.2, -0.15) is 0 Å². The van der Waals surface area contributed by atoms with Gasteiger partial charge in [0.15, 0.2) is 0 Å². The minimum Gasteiger partial charge on any atom is -0.469 e. The number of carbonyl (C=O) groups excluding carboxylic acids is 1. The summed E-state index contributed by atoms with van der Waals surface area (Å²) in [4.78, 5) is 15.3. The molecular formula is C11H19NO2S. The Morgan fingerprint density at radius 3 is 2.80 bits per heavy atom. The Morgan fingerprint density at radius 1 is 1.53 bits per heavy atom. The summed E-state index contributed by atoms with van der Waals surface area (Å²) in [6, 6.07) is 0. The molecule has 3 nitrogen and oxygen atoms in total. The fourth-order valence-electron chi connectivity index (χ4n) is 1.54. The standard InChI is InChI=1S/C11H19NO2S/c1-11(2)12-8-9(15-11)6-4-5-7-10(13)14-3/h8-9H,4-7H2,1-3H3. The van der Waals surface area contributed by atoms with E-state index in [4.69, 9.17) is 0 Å². The zero-order valence-electron chi connectivity index (χ0n) is 9.66. The lowest BCUT2D eigenvalue weighted by atomic mass is 10.1. The lowest BCUT2D eigenvalue weighted by molar-refractivity contribution is -0.140. The van der Waals surface area contributed by atoms with Gasteiger partial charge in [0.2, 0.25) is 0 Å². The fourth-order valence-corrected chi connectivity index (χ4v) is 2.81. The molecule has 0 saturated carbocycles. The largest absolute Gasteiger partial charge is 0.469 e. The van der Waals surface area contributed by atoms with Crippen LogP contribution in [0.3, 0.4) is 0 Å². The Hall–Kier alpha value is -0.510. The van der Waals surface area contributed by atoms with Gasteiger partial charge in [-0.05, 0) is 26.7 Å². The third-order valence-electron chi connectivity index (χ3n) is 2.34. The maximum Gasteiger partial charge on any atom is 0.305 e. The molecule has 0 aliphatic carbocycles. The quantitative estimate of drug-likeness (QED) is 0.537. The normalized spacial score (nSPS) is 23.0. The molecule has 0 amide bonds. The van der Waals surface area contributed by atoms with Gasteiger partial charge in [-0.3, -0.25) is 9.79 Å². The Morgan fingerprint density at radius 2 is 2.27 bits per heavy atom. The highest BCUT2D eigenvalue weighted by molar-refractivity contribution is 8.02. The maximum atomic E-state index is 10.9. The number of hydrogen-bond donors (Lipinski definition) is 0. The molecule has 0 fully saturated rings. The van der Waals surface area contributed by atoms with E-state index in [1.54, 1.807) is 0 Å². The Labute approximate surface area is 95.7 Å². The molecule has 0 N–H and O–H groups in total. The molecular weight excluding hydrogens is 210 g/mol. The van der Waals surface area contributed by atoms with Crippen molar-refractivity contribution < 1.29 is 9.53 Å². The van der Waals surface area contributed by atoms with Crippen LogP contribution in [0.4, 0.5) is 0 Å². The van der Waals surface area contributed by atoms with E-state index in [1.165, 1.54) is 7.11 Å². The van der Waals surface area contributed by atoms with Crippen molar-refractivity contribution in [3.05, 3.63) is 0 Å². The molecule has 0 aromatic rings. The highest BCUT2D eigenvalue weighted by Gasteiger charge is 2.26. The number of thioether (sulfide) groups is 1. The highest BCUT2D eigenvalue weighted by Crippen LogP contribution is 2.36. The van der Waals surface area contributed by atoms with Crippen LogP contribution in [-0.4, -0.2) is 29.4 Å². The number of methoxy groups -OCH3 is 1. The lowest BCUT2D eigenvalue weighted by Gasteiger charge is -2.14. The zero-order chi connectivity index (χ0) is 11.3. The molecule has 1 heterocycles. The summed E-state index contributed by atoms with van der Waals surface area (Å²) in [6.45, 7) is 4.26. The number of ether oxygens (including phenoxy) is 1. The van der Waals surface area contributed by atoms with Crippen LogP contribution in [0.15, 0.2) is 4.99 Å². The molecule has 15 heavy (non-hydrogen) atoms. The molecule has 1 aliphatic rings. The first kappa shape index (κ1) is 12.6. The van der Waals surface area contributed by atoms with E-state index in [-0.39, 0.29) is 10.8 Å². The Bertz CT molecular complexity index is 251. The molecule has 1 rings (SSSR count). The van der Waals surface area contributed by atoms with E-state index in [2.05, 4.69) is 23.6 Å². The van der Waals surface area contributed by atoms with Crippen LogP contribution in [0.2, 0.25) is 0 Å². The second kappa shape index (κ2) is 5.54. The Kier molecular flexibility index (Phi) is 4.64. The molecule has 1 aliphatic heterocycles. The summed E-state index contributed by atoms with van der Waals surface area (Å²) in [5.41, 5.74) is 0. The molecule has 1 atom stereocenters. The van der Waals surface area contributed by atoms with E-state index in [0.717, 1.165) is 19.3 Å². The first-order valence-corrected chi connectivity index (χ1v) is 6.21. The second-order valence-electron chi connectivity index (χ2n) is 4.20. The number of nitrogens with zero attached hydrogens (tertiary/aromatic N) is 1. The van der Waals surface area contributed by atoms with Crippen LogP contribution in [0.25, 0.3) is 0 Å². The van der Waals surface area contributed by atoms with Gasteiger partial charge in [0.1, 0.15) is 4.87 Å². The topological polar surface area (TPSA) is 38.7 Å². The number of aliphatic imine (C=N–C) groups is 1. The van der Waals surface area contributed by atoms with Crippen molar-refractivity contribution in [3.63, 3.8) is 0 Å². The fraction of sp³-hybridized carbons (Fsp3) is 0.818. The summed E-state index contributed by atoms with van der Waals surface area (Å²) in [7, 11) is 1.43. The third-order valence-corrected chi connectivity index (χ3v) is 3.68. The van der Waals surface area contributed by atoms with Crippen molar-refractivity contribution in [2.45, 2.75) is 49.7 Å². The van der Waals surface area contributed by atoms with Crippen LogP contribution >= 0.6 is 11.8 Å². The van der Waals surface area contributed by atoms with Crippen molar-refractivity contribution in [3.8, 4) is 0 Å². The SMILES string of the molecule is COC(=O)CCCCC1C=NC(C)(C)S1. The molecule has 0 aromatic carbocycles. The van der Waals surface area contributed by atoms with Crippen LogP contribution in [-0.2, 0) is 9.53 Å². The molecule has 0 bridgehead atoms. The van der Waals surface area contributed by atoms with E-state index >= 15 is 0 Å². The number of carbonyl (C=O) groups is 1. The molecule has 0 spiro atoms. The van der Waals surface area contributed by atoms with E-state index in [1.807, 2.05) is 18.0 Å². The molecule has 0 radical (unpaired) electrons. The smallest absolute Gasteiger partial charge is 0.305 e. The number of hydrogen-bond acceptors (Lipinski definition) is 4. The molecule has 0 saturated heterocycles. The van der Waals surface area contributed by atoms with Crippen LogP contribution in [0, 0.1) is 0 Å². The van der Waals surface area contributed by atoms with Crippen LogP contribution in [0.1, 0.15) is 39.5 Å². The van der Waals surface area contributed by atoms with Gasteiger partial charge in [0.05, 0.1) is 7.11 Å². The molecule has 86 valence electrons. The minimum absolute atomic E-state index is 0.0486. The average molecular weight is 229 g/mol. The van der Waals surface area contributed by atoms with Gasteiger partial charge in [-0.1, -0.05) is 6.42 Å². The van der Waals surface area contributed by atoms with Gasteiger partial charge in [0, 0.05) is 17.9 Å². The van der Waals surface area contributed by atoms with Crippen LogP contribution in [0.5, 0.6) is 0 Å². The van der Waals surface area contributed by atoms with Crippen LogP contribution < -0.4 is 0 Å². The summed E-state index contributed by atoms with van der Waals surface area (Å²) in [5, 5.41) is 0.526. The highest BCUT2D eigenvalue weighted by atomic mass is 32.2. The van der Waals surface area contributed by atoms with Gasteiger partial charge < -0.3 is 4.74 Å². The molecule has 4 heteroatoms. The van der Waals surface area contributed by atoms with Gasteiger partial charge in [0.25, 0.3) is 0 Å². The summed E-state index contributed by atoms with van der Waals surface area (Å²) >= 11 is 1.89. The lowest BCUT2D eigenvalue weighted by Crippen LogP contribution is -2.09. The van der Waals surface area contributed by atoms with Crippen molar-refractivity contribution in [1.82, 2.24) is 0 Å². The van der Waals surface area contributed by atoms with Crippen molar-refractivity contribution in [2.24, 2.45) is 4.99 Å². The molecule has 1 unspecified atom stereocenters. The first-order valence-electron chi connectivity index (χ1n) is 5.33. The van der Waals surface area contributed by atoms with Gasteiger partial charge >= 0.3 is 5.97 Å². The van der Waals surface area contributed by atoms with Gasteiger partial charge in [-0.15, -0.1) is 11.8 Å². The predicted octanol–water partition coefficient (Wildman–Crippen LogP) is 2.64. The van der Waals surface area contributed by atoms with E-state index in [9.17, 15) is 4.79 Å². The summed E-state index contributed by atoms with van der Waals surface area (Å²) < 4.78 is 4.58. The molecule has 0 aromatic heterocycles. The average Bonchev–Trinajstić information content (AvgIpc) is 2.52. The minimum atomic E-state index is -0.108. The third kappa shape index (κ3) is 4.69. The van der Waals surface area contributed by atoms with Crippen molar-refractivity contribution in [2.75, 3.05) is 7.11 Å². The summed E-state index contributed by atoms with van der Waals surface area (Å²) in [5.74, 6) is -0.108. The van der Waals surface area contributed by atoms with E-state index < -0.39 is 0 Å². The zero-order valence-corrected chi connectivity index (χ0v) is 10.5. The van der Waals surface area contributed by atoms with Gasteiger partial charge in [-0.25, -0.2) is 0 Å². The van der Waals surface area contributed by atoms with Crippen molar-refractivity contribution in [1.29, 1.82) is 0 Å². The predicted molar refractivity (Wildman–Crippen MR) is 64.4 cm³/mol. The number of esters is 1.